The third-order valence-corrected chi connectivity index (χ3v) is 6.16. The maximum atomic E-state index is 10.3. The lowest BCUT2D eigenvalue weighted by Crippen LogP contribution is -2.63. The van der Waals surface area contributed by atoms with Crippen molar-refractivity contribution in [3.63, 3.8) is 0 Å². The van der Waals surface area contributed by atoms with Crippen LogP contribution in [0.3, 0.4) is 0 Å². The Kier molecular flexibility index (Phi) is 18.8. The van der Waals surface area contributed by atoms with E-state index in [9.17, 15) is 56.2 Å². The zero-order valence-electron chi connectivity index (χ0n) is 20.3. The molecule has 3 rings (SSSR count). The predicted octanol–water partition coefficient (Wildman–Crippen LogP) is -11.7. The van der Waals surface area contributed by atoms with E-state index in [1.54, 1.807) is 0 Å². The lowest BCUT2D eigenvalue weighted by molar-refractivity contribution is -0.388. The van der Waals surface area contributed by atoms with Crippen LogP contribution in [0.15, 0.2) is 0 Å². The van der Waals surface area contributed by atoms with Gasteiger partial charge in [0.2, 0.25) is 5.79 Å². The molecule has 21 heteroatoms. The highest BCUT2D eigenvalue weighted by Gasteiger charge is 2.58. The van der Waals surface area contributed by atoms with Crippen molar-refractivity contribution in [1.29, 1.82) is 0 Å². The van der Waals surface area contributed by atoms with Crippen LogP contribution in [0, 0.1) is 0 Å². The molecule has 3 unspecified atom stereocenters. The van der Waals surface area contributed by atoms with E-state index in [0.717, 1.165) is 0 Å². The Bertz CT molecular complexity index is 658. The van der Waals surface area contributed by atoms with Crippen LogP contribution in [0.1, 0.15) is 0 Å². The van der Waals surface area contributed by atoms with Crippen LogP contribution in [-0.2, 0) is 23.7 Å². The van der Waals surface area contributed by atoms with Gasteiger partial charge in [0.15, 0.2) is 12.6 Å². The molecule has 3 heterocycles. The van der Waals surface area contributed by atoms with Crippen molar-refractivity contribution in [1.82, 2.24) is 0 Å². The van der Waals surface area contributed by atoms with E-state index in [0.29, 0.717) is 0 Å². The highest BCUT2D eigenvalue weighted by Crippen LogP contribution is 2.36. The Morgan fingerprint density at radius 3 is 1.46 bits per heavy atom. The molecule has 21 nitrogen and oxygen atoms in total. The molecule has 0 aromatic carbocycles. The summed E-state index contributed by atoms with van der Waals surface area (Å²) < 4.78 is 26.4. The largest absolute Gasteiger partial charge is 0.412 e. The zero-order valence-corrected chi connectivity index (χ0v) is 20.3. The fourth-order valence-electron chi connectivity index (χ4n) is 4.01. The van der Waals surface area contributed by atoms with Crippen LogP contribution in [0.5, 0.6) is 0 Å². The van der Waals surface area contributed by atoms with Crippen LogP contribution in [0.4, 0.5) is 0 Å². The summed E-state index contributed by atoms with van der Waals surface area (Å²) in [7, 11) is 0. The number of ether oxygens (including phenoxy) is 5. The average Bonchev–Trinajstić information content (AvgIpc) is 3.08. The fraction of sp³-hybridized carbons (Fsp3) is 1.00. The van der Waals surface area contributed by atoms with Gasteiger partial charge in [-0.2, -0.15) is 0 Å². The summed E-state index contributed by atoms with van der Waals surface area (Å²) in [6.07, 6.45) is -21.8. The molecule has 0 aromatic rings. The van der Waals surface area contributed by atoms with Gasteiger partial charge >= 0.3 is 0 Å². The van der Waals surface area contributed by atoms with Crippen LogP contribution >= 0.6 is 0 Å². The molecule has 3 saturated heterocycles. The quantitative estimate of drug-likeness (QED) is 0.124. The smallest absolute Gasteiger partial charge is 0.224 e. The van der Waals surface area contributed by atoms with Crippen LogP contribution in [0.25, 0.3) is 0 Å². The first kappa shape index (κ1) is 42.6. The molecule has 0 saturated carbocycles. The monoisotopic (exact) mass is 594 g/mol. The van der Waals surface area contributed by atoms with E-state index >= 15 is 0 Å². The summed E-state index contributed by atoms with van der Waals surface area (Å²) in [6, 6.07) is 0. The number of aliphatic hydroxyl groups excluding tert-OH is 11. The third kappa shape index (κ3) is 8.13. The Morgan fingerprint density at radius 1 is 0.538 bits per heavy atom. The van der Waals surface area contributed by atoms with Gasteiger partial charge in [-0.25, -0.2) is 0 Å². The fourth-order valence-corrected chi connectivity index (χ4v) is 4.01. The second-order valence-corrected chi connectivity index (χ2v) is 8.41. The molecule has 21 N–H and O–H groups in total. The Morgan fingerprint density at radius 2 is 1.00 bits per heavy atom. The van der Waals surface area contributed by atoms with Gasteiger partial charge in [-0.1, -0.05) is 0 Å². The number of hydrogen-bond acceptors (Lipinski definition) is 16. The maximum Gasteiger partial charge on any atom is 0.224 e. The molecule has 0 bridgehead atoms. The predicted molar refractivity (Wildman–Crippen MR) is 119 cm³/mol. The molecular formula is C18H42O21. The molecule has 0 aromatic heterocycles. The van der Waals surface area contributed by atoms with Gasteiger partial charge in [-0.3, -0.25) is 0 Å². The topological polar surface area (TPSA) is 426 Å². The van der Waals surface area contributed by atoms with Crippen molar-refractivity contribution in [3.05, 3.63) is 0 Å². The minimum atomic E-state index is -2.36. The van der Waals surface area contributed by atoms with Crippen molar-refractivity contribution < 1.29 is 107 Å². The second kappa shape index (κ2) is 17.2. The Hall–Kier alpha value is -0.840. The summed E-state index contributed by atoms with van der Waals surface area (Å²) in [6.45, 7) is -3.14. The molecule has 0 radical (unpaired) electrons. The summed E-state index contributed by atoms with van der Waals surface area (Å²) in [4.78, 5) is 0. The normalized spacial score (nSPS) is 45.5. The van der Waals surface area contributed by atoms with E-state index in [1.165, 1.54) is 0 Å². The van der Waals surface area contributed by atoms with E-state index in [4.69, 9.17) is 23.7 Å². The number of aliphatic hydroxyl groups is 11. The Balaban J connectivity index is -0.00000259. The molecule has 3 fully saturated rings. The summed E-state index contributed by atoms with van der Waals surface area (Å²) >= 11 is 0. The van der Waals surface area contributed by atoms with E-state index in [-0.39, 0.29) is 27.4 Å². The second-order valence-electron chi connectivity index (χ2n) is 8.41. The van der Waals surface area contributed by atoms with Crippen LogP contribution in [0.2, 0.25) is 0 Å². The van der Waals surface area contributed by atoms with E-state index in [1.807, 2.05) is 0 Å². The SMILES string of the molecule is O.O.O.O.O.OC[C@H]1OC(OC[C@H]2OC(OC3(CO)O[C@H](CO)[C@@H](O)[C@@H]3O)[C@H](O)[C@@H](O)[C@@H]2O)[C@H](O)[C@@H](O)[C@H]1O. The van der Waals surface area contributed by atoms with Gasteiger partial charge in [0.25, 0.3) is 0 Å². The lowest BCUT2D eigenvalue weighted by Gasteiger charge is -2.44. The minimum absolute atomic E-state index is 0. The van der Waals surface area contributed by atoms with Gasteiger partial charge < -0.3 is 107 Å². The molecule has 14 atom stereocenters. The van der Waals surface area contributed by atoms with Gasteiger partial charge in [0.05, 0.1) is 19.8 Å². The van der Waals surface area contributed by atoms with Crippen molar-refractivity contribution in [2.24, 2.45) is 0 Å². The molecule has 3 aliphatic rings. The molecule has 3 aliphatic heterocycles. The number of hydrogen-bond donors (Lipinski definition) is 11. The Labute approximate surface area is 220 Å². The van der Waals surface area contributed by atoms with Crippen molar-refractivity contribution in [2.45, 2.75) is 85.5 Å². The lowest BCUT2D eigenvalue weighted by atomic mass is 9.98. The zero-order chi connectivity index (χ0) is 25.4. The first-order chi connectivity index (χ1) is 16.0. The molecule has 240 valence electrons. The van der Waals surface area contributed by atoms with E-state index in [2.05, 4.69) is 0 Å². The molecule has 0 amide bonds. The van der Waals surface area contributed by atoms with Gasteiger partial charge in [0.1, 0.15) is 73.8 Å². The molecule has 0 spiro atoms. The summed E-state index contributed by atoms with van der Waals surface area (Å²) in [5.74, 6) is -2.36. The standard InChI is InChI=1S/C18H32O16.5H2O/c19-1-5-8(22)11(25)13(27)16(31-5)30-3-7-9(23)12(26)14(28)17(32-7)34-18(4-21)15(29)10(24)6(2-20)33-18;;;;;/h5-17,19-29H,1-4H2;5*1H2/t5-,6-,7-,8+,9-,10-,11+,12+,13-,14-,15+,16?,17?,18?;;;;;/m1...../s1. The van der Waals surface area contributed by atoms with Crippen molar-refractivity contribution in [3.8, 4) is 0 Å². The van der Waals surface area contributed by atoms with Gasteiger partial charge in [0, 0.05) is 0 Å². The molecule has 39 heavy (non-hydrogen) atoms. The highest BCUT2D eigenvalue weighted by atomic mass is 16.8. The van der Waals surface area contributed by atoms with E-state index < -0.39 is 112 Å². The average molecular weight is 595 g/mol. The van der Waals surface area contributed by atoms with Crippen molar-refractivity contribution in [2.75, 3.05) is 26.4 Å². The first-order valence-corrected chi connectivity index (χ1v) is 10.6. The van der Waals surface area contributed by atoms with Crippen LogP contribution in [-0.4, -0.2) is 195 Å². The van der Waals surface area contributed by atoms with Gasteiger partial charge in [-0.15, -0.1) is 0 Å². The van der Waals surface area contributed by atoms with Crippen LogP contribution < -0.4 is 0 Å². The first-order valence-electron chi connectivity index (χ1n) is 10.6. The molecular weight excluding hydrogens is 552 g/mol. The highest BCUT2D eigenvalue weighted by molar-refractivity contribution is 4.98. The minimum Gasteiger partial charge on any atom is -0.412 e. The molecule has 0 aliphatic carbocycles. The third-order valence-electron chi connectivity index (χ3n) is 6.16. The number of rotatable bonds is 8. The van der Waals surface area contributed by atoms with Gasteiger partial charge in [-0.05, 0) is 0 Å². The summed E-state index contributed by atoms with van der Waals surface area (Å²) in [5.41, 5.74) is 0. The maximum absolute atomic E-state index is 10.3. The van der Waals surface area contributed by atoms with Crippen molar-refractivity contribution >= 4 is 0 Å². The summed E-state index contributed by atoms with van der Waals surface area (Å²) in [5, 5.41) is 109.